The van der Waals surface area contributed by atoms with Crippen LogP contribution < -0.4 is 5.32 Å². The quantitative estimate of drug-likeness (QED) is 0.815. The van der Waals surface area contributed by atoms with Crippen LogP contribution in [0, 0.1) is 0 Å². The normalized spacial score (nSPS) is 12.7. The summed E-state index contributed by atoms with van der Waals surface area (Å²) < 4.78 is 0. The van der Waals surface area contributed by atoms with Gasteiger partial charge in [0.25, 0.3) is 0 Å². The Morgan fingerprint density at radius 3 is 2.44 bits per heavy atom. The molecule has 2 rings (SSSR count). The molecular formula is C13H12Cl3NS. The third kappa shape index (κ3) is 3.19. The van der Waals surface area contributed by atoms with Gasteiger partial charge in [-0.25, -0.2) is 0 Å². The second kappa shape index (κ2) is 6.27. The molecule has 2 aromatic rings. The molecule has 1 unspecified atom stereocenters. The average Bonchev–Trinajstić information content (AvgIpc) is 2.77. The predicted octanol–water partition coefficient (Wildman–Crippen LogP) is 5.21. The molecule has 0 amide bonds. The summed E-state index contributed by atoms with van der Waals surface area (Å²) in [4.78, 5) is 1.14. The lowest BCUT2D eigenvalue weighted by Gasteiger charge is -2.15. The highest BCUT2D eigenvalue weighted by atomic mass is 35.5. The van der Waals surface area contributed by atoms with Crippen LogP contribution in [0.1, 0.15) is 16.5 Å². The fraction of sp³-hybridized carbons (Fsp3) is 0.231. The molecule has 0 saturated carbocycles. The van der Waals surface area contributed by atoms with Gasteiger partial charge in [0, 0.05) is 10.9 Å². The van der Waals surface area contributed by atoms with Gasteiger partial charge in [-0.05, 0) is 42.6 Å². The fourth-order valence-corrected chi connectivity index (χ4v) is 3.40. The Morgan fingerprint density at radius 1 is 1.11 bits per heavy atom. The molecule has 0 aliphatic carbocycles. The molecular weight excluding hydrogens is 309 g/mol. The van der Waals surface area contributed by atoms with Crippen molar-refractivity contribution in [3.05, 3.63) is 55.2 Å². The molecule has 1 N–H and O–H groups in total. The molecule has 1 aromatic carbocycles. The van der Waals surface area contributed by atoms with E-state index in [-0.39, 0.29) is 6.04 Å². The van der Waals surface area contributed by atoms with E-state index in [1.807, 2.05) is 36.7 Å². The van der Waals surface area contributed by atoms with E-state index in [0.29, 0.717) is 10.0 Å². The van der Waals surface area contributed by atoms with Crippen LogP contribution in [0.2, 0.25) is 15.1 Å². The first-order chi connectivity index (χ1) is 8.61. The average molecular weight is 321 g/mol. The Bertz CT molecular complexity index is 539. The Kier molecular flexibility index (Phi) is 4.93. The third-order valence-corrected chi connectivity index (χ3v) is 4.94. The number of benzene rings is 1. The lowest BCUT2D eigenvalue weighted by atomic mass is 10.0. The summed E-state index contributed by atoms with van der Waals surface area (Å²) in [5, 5.41) is 7.24. The number of likely N-dealkylation sites (N-methyl/N-ethyl adjacent to an activating group) is 1. The Balaban J connectivity index is 2.20. The lowest BCUT2D eigenvalue weighted by molar-refractivity contribution is 0.602. The smallest absolute Gasteiger partial charge is 0.0595 e. The predicted molar refractivity (Wildman–Crippen MR) is 81.3 cm³/mol. The third-order valence-electron chi connectivity index (χ3n) is 2.73. The second-order valence-corrected chi connectivity index (χ2v) is 6.10. The van der Waals surface area contributed by atoms with Gasteiger partial charge in [0.2, 0.25) is 0 Å². The maximum atomic E-state index is 6.16. The Hall–Kier alpha value is -0.250. The summed E-state index contributed by atoms with van der Waals surface area (Å²) in [7, 11) is 1.93. The summed E-state index contributed by atoms with van der Waals surface area (Å²) >= 11 is 19.7. The minimum absolute atomic E-state index is 0.190. The van der Waals surface area contributed by atoms with Crippen LogP contribution in [-0.2, 0) is 6.42 Å². The van der Waals surface area contributed by atoms with E-state index in [0.717, 1.165) is 21.9 Å². The lowest BCUT2D eigenvalue weighted by Crippen LogP contribution is -2.18. The Morgan fingerprint density at radius 2 is 1.89 bits per heavy atom. The molecule has 1 atom stereocenters. The largest absolute Gasteiger partial charge is 0.312 e. The molecule has 0 bridgehead atoms. The topological polar surface area (TPSA) is 12.0 Å². The van der Waals surface area contributed by atoms with Gasteiger partial charge >= 0.3 is 0 Å². The van der Waals surface area contributed by atoms with Gasteiger partial charge in [0.15, 0.2) is 0 Å². The van der Waals surface area contributed by atoms with Crippen LogP contribution in [0.3, 0.4) is 0 Å². The number of rotatable bonds is 4. The van der Waals surface area contributed by atoms with E-state index in [9.17, 15) is 0 Å². The number of halogens is 3. The highest BCUT2D eigenvalue weighted by Crippen LogP contribution is 2.31. The van der Waals surface area contributed by atoms with E-state index in [4.69, 9.17) is 34.8 Å². The van der Waals surface area contributed by atoms with Crippen LogP contribution in [0.25, 0.3) is 0 Å². The van der Waals surface area contributed by atoms with Crippen molar-refractivity contribution in [2.45, 2.75) is 12.5 Å². The monoisotopic (exact) mass is 319 g/mol. The van der Waals surface area contributed by atoms with E-state index in [1.165, 1.54) is 0 Å². The first-order valence-electron chi connectivity index (χ1n) is 5.46. The molecule has 1 nitrogen and oxygen atoms in total. The first kappa shape index (κ1) is 14.2. The maximum Gasteiger partial charge on any atom is 0.0595 e. The number of hydrogen-bond donors (Lipinski definition) is 1. The van der Waals surface area contributed by atoms with Crippen LogP contribution >= 0.6 is 46.1 Å². The van der Waals surface area contributed by atoms with Gasteiger partial charge in [0.1, 0.15) is 0 Å². The van der Waals surface area contributed by atoms with Crippen molar-refractivity contribution in [2.24, 2.45) is 0 Å². The van der Waals surface area contributed by atoms with Crippen LogP contribution in [0.15, 0.2) is 29.6 Å². The van der Waals surface area contributed by atoms with E-state index < -0.39 is 0 Å². The van der Waals surface area contributed by atoms with Crippen molar-refractivity contribution in [1.29, 1.82) is 0 Å². The van der Waals surface area contributed by atoms with E-state index in [2.05, 4.69) is 5.32 Å². The summed E-state index contributed by atoms with van der Waals surface area (Å²) in [5.41, 5.74) is 1.13. The molecule has 0 radical (unpaired) electrons. The zero-order chi connectivity index (χ0) is 13.1. The molecule has 1 aromatic heterocycles. The van der Waals surface area contributed by atoms with Crippen molar-refractivity contribution >= 4 is 46.1 Å². The standard InChI is InChI=1S/C13H12Cl3NS/c1-17-12(13-10(15)4-5-18-13)7-8-2-3-9(14)11(16)6-8/h2-6,12,17H,7H2,1H3. The molecule has 0 fully saturated rings. The summed E-state index contributed by atoms with van der Waals surface area (Å²) in [6, 6.07) is 7.81. The van der Waals surface area contributed by atoms with Crippen LogP contribution in [0.4, 0.5) is 0 Å². The number of thiophene rings is 1. The summed E-state index contributed by atoms with van der Waals surface area (Å²) in [5.74, 6) is 0. The van der Waals surface area contributed by atoms with Gasteiger partial charge in [0.05, 0.1) is 15.1 Å². The minimum Gasteiger partial charge on any atom is -0.312 e. The molecule has 96 valence electrons. The summed E-state index contributed by atoms with van der Waals surface area (Å²) in [6.07, 6.45) is 0.827. The zero-order valence-corrected chi connectivity index (χ0v) is 12.8. The molecule has 0 aliphatic rings. The van der Waals surface area contributed by atoms with Gasteiger partial charge in [-0.2, -0.15) is 0 Å². The molecule has 0 aliphatic heterocycles. The second-order valence-electron chi connectivity index (χ2n) is 3.93. The molecule has 5 heteroatoms. The number of hydrogen-bond acceptors (Lipinski definition) is 2. The Labute approximate surface area is 126 Å². The fourth-order valence-electron chi connectivity index (χ4n) is 1.78. The van der Waals surface area contributed by atoms with Crippen molar-refractivity contribution < 1.29 is 0 Å². The molecule has 1 heterocycles. The van der Waals surface area contributed by atoms with Gasteiger partial charge < -0.3 is 5.32 Å². The van der Waals surface area contributed by atoms with E-state index >= 15 is 0 Å². The van der Waals surface area contributed by atoms with Gasteiger partial charge in [-0.3, -0.25) is 0 Å². The molecule has 0 saturated heterocycles. The minimum atomic E-state index is 0.190. The van der Waals surface area contributed by atoms with Crippen LogP contribution in [-0.4, -0.2) is 7.05 Å². The van der Waals surface area contributed by atoms with Gasteiger partial charge in [-0.1, -0.05) is 40.9 Å². The SMILES string of the molecule is CNC(Cc1ccc(Cl)c(Cl)c1)c1sccc1Cl. The van der Waals surface area contributed by atoms with E-state index in [1.54, 1.807) is 11.3 Å². The van der Waals surface area contributed by atoms with Crippen molar-refractivity contribution in [3.8, 4) is 0 Å². The van der Waals surface area contributed by atoms with Gasteiger partial charge in [-0.15, -0.1) is 11.3 Å². The van der Waals surface area contributed by atoms with Crippen LogP contribution in [0.5, 0.6) is 0 Å². The van der Waals surface area contributed by atoms with Crippen molar-refractivity contribution in [3.63, 3.8) is 0 Å². The highest BCUT2D eigenvalue weighted by Gasteiger charge is 2.15. The number of nitrogens with one attached hydrogen (secondary N) is 1. The zero-order valence-electron chi connectivity index (χ0n) is 9.71. The highest BCUT2D eigenvalue weighted by molar-refractivity contribution is 7.10. The maximum absolute atomic E-state index is 6.16. The summed E-state index contributed by atoms with van der Waals surface area (Å²) in [6.45, 7) is 0. The molecule has 0 spiro atoms. The first-order valence-corrected chi connectivity index (χ1v) is 7.47. The van der Waals surface area contributed by atoms with Crippen molar-refractivity contribution in [2.75, 3.05) is 7.05 Å². The van der Waals surface area contributed by atoms with Crippen molar-refractivity contribution in [1.82, 2.24) is 5.32 Å². The molecule has 18 heavy (non-hydrogen) atoms.